The predicted octanol–water partition coefficient (Wildman–Crippen LogP) is 4.74. The standard InChI is InChI=1S/C18H14F2N2O2S/c1-2-24-12-8-6-11(7-9-12)15-10-25-18(21-15)22-17(23)16-13(19)4-3-5-14(16)20/h3-10H,2H2,1H3,(H,21,22,23). The number of amides is 1. The Balaban J connectivity index is 1.76. The van der Waals surface area contributed by atoms with E-state index in [0.29, 0.717) is 12.3 Å². The van der Waals surface area contributed by atoms with Crippen LogP contribution in [0.3, 0.4) is 0 Å². The minimum absolute atomic E-state index is 0.261. The van der Waals surface area contributed by atoms with Crippen LogP contribution in [0.1, 0.15) is 17.3 Å². The molecule has 128 valence electrons. The lowest BCUT2D eigenvalue weighted by atomic mass is 10.2. The van der Waals surface area contributed by atoms with Crippen LogP contribution in [0.15, 0.2) is 47.8 Å². The summed E-state index contributed by atoms with van der Waals surface area (Å²) in [7, 11) is 0. The lowest BCUT2D eigenvalue weighted by Gasteiger charge is -2.04. The maximum Gasteiger partial charge on any atom is 0.263 e. The van der Waals surface area contributed by atoms with Gasteiger partial charge in [-0.1, -0.05) is 6.07 Å². The van der Waals surface area contributed by atoms with Gasteiger partial charge in [0.1, 0.15) is 22.9 Å². The molecule has 25 heavy (non-hydrogen) atoms. The smallest absolute Gasteiger partial charge is 0.263 e. The maximum absolute atomic E-state index is 13.6. The van der Waals surface area contributed by atoms with Gasteiger partial charge in [0.2, 0.25) is 0 Å². The van der Waals surface area contributed by atoms with Gasteiger partial charge in [0, 0.05) is 10.9 Å². The number of benzene rings is 2. The van der Waals surface area contributed by atoms with Crippen molar-refractivity contribution in [3.05, 3.63) is 65.0 Å². The van der Waals surface area contributed by atoms with E-state index in [1.54, 1.807) is 5.38 Å². The van der Waals surface area contributed by atoms with Crippen molar-refractivity contribution in [2.24, 2.45) is 0 Å². The zero-order valence-electron chi connectivity index (χ0n) is 13.3. The molecule has 0 spiro atoms. The molecule has 0 atom stereocenters. The molecule has 1 heterocycles. The Hall–Kier alpha value is -2.80. The van der Waals surface area contributed by atoms with Gasteiger partial charge in [-0.2, -0.15) is 0 Å². The lowest BCUT2D eigenvalue weighted by Crippen LogP contribution is -2.15. The van der Waals surface area contributed by atoms with Crippen molar-refractivity contribution in [2.75, 3.05) is 11.9 Å². The van der Waals surface area contributed by atoms with Crippen LogP contribution in [0.5, 0.6) is 5.75 Å². The van der Waals surface area contributed by atoms with Crippen molar-refractivity contribution in [1.82, 2.24) is 4.98 Å². The van der Waals surface area contributed by atoms with Gasteiger partial charge < -0.3 is 4.74 Å². The van der Waals surface area contributed by atoms with Crippen molar-refractivity contribution in [2.45, 2.75) is 6.92 Å². The highest BCUT2D eigenvalue weighted by molar-refractivity contribution is 7.14. The van der Waals surface area contributed by atoms with E-state index in [9.17, 15) is 13.6 Å². The summed E-state index contributed by atoms with van der Waals surface area (Å²) in [5.74, 6) is -1.95. The molecule has 2 aromatic carbocycles. The van der Waals surface area contributed by atoms with Crippen molar-refractivity contribution in [3.8, 4) is 17.0 Å². The minimum Gasteiger partial charge on any atom is -0.494 e. The fourth-order valence-electron chi connectivity index (χ4n) is 2.23. The Morgan fingerprint density at radius 3 is 2.48 bits per heavy atom. The number of hydrogen-bond donors (Lipinski definition) is 1. The van der Waals surface area contributed by atoms with Crippen LogP contribution >= 0.6 is 11.3 Å². The van der Waals surface area contributed by atoms with Gasteiger partial charge >= 0.3 is 0 Å². The van der Waals surface area contributed by atoms with Crippen LogP contribution in [0.2, 0.25) is 0 Å². The summed E-state index contributed by atoms with van der Waals surface area (Å²) in [6.07, 6.45) is 0. The molecule has 0 saturated heterocycles. The van der Waals surface area contributed by atoms with E-state index >= 15 is 0 Å². The fourth-order valence-corrected chi connectivity index (χ4v) is 2.94. The van der Waals surface area contributed by atoms with Crippen molar-refractivity contribution < 1.29 is 18.3 Å². The first-order valence-corrected chi connectivity index (χ1v) is 8.40. The number of nitrogens with zero attached hydrogens (tertiary/aromatic N) is 1. The molecule has 7 heteroatoms. The third-order valence-electron chi connectivity index (χ3n) is 3.38. The number of carbonyl (C=O) groups excluding carboxylic acids is 1. The summed E-state index contributed by atoms with van der Waals surface area (Å²) >= 11 is 1.17. The number of ether oxygens (including phenoxy) is 1. The van der Waals surface area contributed by atoms with E-state index in [0.717, 1.165) is 23.4 Å². The highest BCUT2D eigenvalue weighted by Crippen LogP contribution is 2.27. The molecule has 0 saturated carbocycles. The first kappa shape index (κ1) is 17.0. The average molecular weight is 360 g/mol. The molecule has 0 aliphatic heterocycles. The highest BCUT2D eigenvalue weighted by atomic mass is 32.1. The highest BCUT2D eigenvalue weighted by Gasteiger charge is 2.18. The van der Waals surface area contributed by atoms with Gasteiger partial charge in [-0.05, 0) is 43.3 Å². The van der Waals surface area contributed by atoms with Gasteiger partial charge in [0.15, 0.2) is 5.13 Å². The van der Waals surface area contributed by atoms with Crippen LogP contribution in [0.4, 0.5) is 13.9 Å². The molecule has 0 fully saturated rings. The van der Waals surface area contributed by atoms with Crippen LogP contribution < -0.4 is 10.1 Å². The number of halogens is 2. The Morgan fingerprint density at radius 2 is 1.84 bits per heavy atom. The second-order valence-corrected chi connectivity index (χ2v) is 5.90. The van der Waals surface area contributed by atoms with E-state index in [-0.39, 0.29) is 5.13 Å². The van der Waals surface area contributed by atoms with E-state index in [4.69, 9.17) is 4.74 Å². The summed E-state index contributed by atoms with van der Waals surface area (Å²) < 4.78 is 32.7. The van der Waals surface area contributed by atoms with Crippen LogP contribution in [-0.4, -0.2) is 17.5 Å². The first-order chi connectivity index (χ1) is 12.1. The van der Waals surface area contributed by atoms with Crippen LogP contribution in [-0.2, 0) is 0 Å². The predicted molar refractivity (Wildman–Crippen MR) is 93.0 cm³/mol. The third-order valence-corrected chi connectivity index (χ3v) is 4.13. The molecule has 3 aromatic rings. The summed E-state index contributed by atoms with van der Waals surface area (Å²) in [5, 5.41) is 4.44. The molecule has 0 aliphatic rings. The summed E-state index contributed by atoms with van der Waals surface area (Å²) in [4.78, 5) is 16.4. The SMILES string of the molecule is CCOc1ccc(-c2csc(NC(=O)c3c(F)cccc3F)n2)cc1. The zero-order valence-corrected chi connectivity index (χ0v) is 14.1. The minimum atomic E-state index is -0.916. The topological polar surface area (TPSA) is 51.2 Å². The van der Waals surface area contributed by atoms with Gasteiger partial charge in [0.25, 0.3) is 5.91 Å². The third kappa shape index (κ3) is 3.83. The van der Waals surface area contributed by atoms with E-state index in [2.05, 4.69) is 10.3 Å². The largest absolute Gasteiger partial charge is 0.494 e. The molecule has 1 amide bonds. The van der Waals surface area contributed by atoms with Gasteiger partial charge in [-0.15, -0.1) is 11.3 Å². The number of rotatable bonds is 5. The van der Waals surface area contributed by atoms with Gasteiger partial charge in [-0.25, -0.2) is 13.8 Å². The first-order valence-electron chi connectivity index (χ1n) is 7.52. The number of hydrogen-bond acceptors (Lipinski definition) is 4. The van der Waals surface area contributed by atoms with Crippen molar-refractivity contribution in [1.29, 1.82) is 0 Å². The number of anilines is 1. The lowest BCUT2D eigenvalue weighted by molar-refractivity contribution is 0.101. The molecular weight excluding hydrogens is 346 g/mol. The molecule has 0 bridgehead atoms. The fraction of sp³-hybridized carbons (Fsp3) is 0.111. The number of thiazole rings is 1. The quantitative estimate of drug-likeness (QED) is 0.715. The van der Waals surface area contributed by atoms with E-state index in [1.807, 2.05) is 31.2 Å². The summed E-state index contributed by atoms with van der Waals surface area (Å²) in [5.41, 5.74) is 0.870. The molecular formula is C18H14F2N2O2S. The van der Waals surface area contributed by atoms with Crippen molar-refractivity contribution in [3.63, 3.8) is 0 Å². The Morgan fingerprint density at radius 1 is 1.16 bits per heavy atom. The Kier molecular flexibility index (Phi) is 5.04. The Labute approximate surface area is 147 Å². The normalized spacial score (nSPS) is 10.5. The molecule has 1 aromatic heterocycles. The summed E-state index contributed by atoms with van der Waals surface area (Å²) in [6.45, 7) is 2.49. The van der Waals surface area contributed by atoms with E-state index in [1.165, 1.54) is 17.4 Å². The van der Waals surface area contributed by atoms with Gasteiger partial charge in [0.05, 0.1) is 12.3 Å². The Bertz CT molecular complexity index is 874. The molecule has 3 rings (SSSR count). The molecule has 0 radical (unpaired) electrons. The van der Waals surface area contributed by atoms with Gasteiger partial charge in [-0.3, -0.25) is 10.1 Å². The second-order valence-electron chi connectivity index (χ2n) is 5.05. The average Bonchev–Trinajstić information content (AvgIpc) is 3.04. The summed E-state index contributed by atoms with van der Waals surface area (Å²) in [6, 6.07) is 10.6. The van der Waals surface area contributed by atoms with Crippen LogP contribution in [0.25, 0.3) is 11.3 Å². The molecule has 4 nitrogen and oxygen atoms in total. The molecule has 0 aliphatic carbocycles. The van der Waals surface area contributed by atoms with E-state index < -0.39 is 23.1 Å². The maximum atomic E-state index is 13.6. The number of carbonyl (C=O) groups is 1. The number of aromatic nitrogens is 1. The van der Waals surface area contributed by atoms with Crippen molar-refractivity contribution >= 4 is 22.4 Å². The molecule has 1 N–H and O–H groups in total. The monoisotopic (exact) mass is 360 g/mol. The van der Waals surface area contributed by atoms with Crippen LogP contribution in [0, 0.1) is 11.6 Å². The second kappa shape index (κ2) is 7.40. The molecule has 0 unspecified atom stereocenters. The number of nitrogens with one attached hydrogen (secondary N) is 1. The zero-order chi connectivity index (χ0) is 17.8.